The molecule has 0 saturated heterocycles. The van der Waals surface area contributed by atoms with Crippen LogP contribution in [0.3, 0.4) is 0 Å². The molecular weight excluding hydrogens is 618 g/mol. The van der Waals surface area contributed by atoms with Crippen LogP contribution >= 0.6 is 0 Å². The molecule has 11 heteroatoms. The maximum Gasteiger partial charge on any atom is 0.261 e. The van der Waals surface area contributed by atoms with E-state index < -0.39 is 16.1 Å². The molecule has 0 fully saturated rings. The number of aliphatic hydroxyl groups is 1. The average Bonchev–Trinajstić information content (AvgIpc) is 3.07. The Kier molecular flexibility index (Phi) is 10.7. The number of carbonyl (C=O) groups excluding carboxylic acids is 1. The summed E-state index contributed by atoms with van der Waals surface area (Å²) in [5.74, 6) is 2.00. The fourth-order valence-electron chi connectivity index (χ4n) is 5.44. The molecule has 0 spiro atoms. The number of aliphatic hydroxyl groups excluding tert-OH is 1. The van der Waals surface area contributed by atoms with Gasteiger partial charge in [0.2, 0.25) is 0 Å². The van der Waals surface area contributed by atoms with Crippen molar-refractivity contribution in [2.75, 3.05) is 38.6 Å². The largest absolute Gasteiger partial charge is 0.497 e. The van der Waals surface area contributed by atoms with Crippen molar-refractivity contribution in [3.05, 3.63) is 108 Å². The zero-order valence-electron chi connectivity index (χ0n) is 27.0. The van der Waals surface area contributed by atoms with E-state index in [1.807, 2.05) is 68.6 Å². The Balaban J connectivity index is 1.33. The number of anilines is 1. The number of hydrogen-bond donors (Lipinski definition) is 2. The summed E-state index contributed by atoms with van der Waals surface area (Å²) < 4.78 is 46.4. The van der Waals surface area contributed by atoms with Crippen LogP contribution in [-0.4, -0.2) is 75.2 Å². The number of benzene rings is 4. The molecular formula is C36H41N3O7S. The first-order valence-corrected chi connectivity index (χ1v) is 16.9. The number of hydrogen-bond acceptors (Lipinski definition) is 8. The molecule has 1 amide bonds. The highest BCUT2D eigenvalue weighted by molar-refractivity contribution is 7.92. The van der Waals surface area contributed by atoms with Crippen molar-refractivity contribution < 1.29 is 32.5 Å². The van der Waals surface area contributed by atoms with Crippen LogP contribution in [-0.2, 0) is 16.6 Å². The number of carbonyl (C=O) groups is 1. The van der Waals surface area contributed by atoms with Gasteiger partial charge in [0, 0.05) is 31.2 Å². The van der Waals surface area contributed by atoms with E-state index in [1.165, 1.54) is 25.3 Å². The topological polar surface area (TPSA) is 118 Å². The standard InChI is InChI=1S/C36H41N3O7S/c1-25-21-39(26(2)24-40)36(41)33-20-28(37-47(42,43)32-17-15-29(44-4)16-18-32)12-19-34(33)46-35(25)23-38(3)22-27-10-13-31(14-11-27)45-30-8-6-5-7-9-30/h5-20,25-26,35,37,40H,21-24H2,1-4H3/t25-,26+,35-/m0/s1. The Hall–Kier alpha value is -4.58. The van der Waals surface area contributed by atoms with Crippen molar-refractivity contribution in [1.82, 2.24) is 9.80 Å². The van der Waals surface area contributed by atoms with Gasteiger partial charge in [0.15, 0.2) is 0 Å². The third kappa shape index (κ3) is 8.42. The number of likely N-dealkylation sites (N-methyl/N-ethyl adjacent to an activating group) is 1. The number of fused-ring (bicyclic) bond motifs is 1. The van der Waals surface area contributed by atoms with E-state index >= 15 is 0 Å². The predicted octanol–water partition coefficient (Wildman–Crippen LogP) is 5.64. The van der Waals surface area contributed by atoms with E-state index in [0.717, 1.165) is 17.1 Å². The zero-order valence-corrected chi connectivity index (χ0v) is 27.8. The zero-order chi connectivity index (χ0) is 33.6. The van der Waals surface area contributed by atoms with E-state index in [4.69, 9.17) is 14.2 Å². The molecule has 1 heterocycles. The fourth-order valence-corrected chi connectivity index (χ4v) is 6.49. The summed E-state index contributed by atoms with van der Waals surface area (Å²) in [5, 5.41) is 10.0. The van der Waals surface area contributed by atoms with Crippen LogP contribution < -0.4 is 18.9 Å². The van der Waals surface area contributed by atoms with Crippen LogP contribution in [0.4, 0.5) is 5.69 Å². The monoisotopic (exact) mass is 659 g/mol. The molecule has 1 aliphatic rings. The molecule has 10 nitrogen and oxygen atoms in total. The molecule has 248 valence electrons. The number of rotatable bonds is 12. The third-order valence-electron chi connectivity index (χ3n) is 8.13. The smallest absolute Gasteiger partial charge is 0.261 e. The SMILES string of the molecule is COc1ccc(S(=O)(=O)Nc2ccc3c(c2)C(=O)N([C@H](C)CO)C[C@H](C)[C@H](CN(C)Cc2ccc(Oc4ccccc4)cc2)O3)cc1. The summed E-state index contributed by atoms with van der Waals surface area (Å²) in [4.78, 5) is 17.7. The van der Waals surface area contributed by atoms with Gasteiger partial charge in [0.25, 0.3) is 15.9 Å². The Morgan fingerprint density at radius 3 is 2.30 bits per heavy atom. The van der Waals surface area contributed by atoms with Gasteiger partial charge in [-0.1, -0.05) is 37.3 Å². The molecule has 0 aliphatic carbocycles. The van der Waals surface area contributed by atoms with Gasteiger partial charge in [-0.2, -0.15) is 0 Å². The number of methoxy groups -OCH3 is 1. The van der Waals surface area contributed by atoms with Crippen LogP contribution in [0.25, 0.3) is 0 Å². The average molecular weight is 660 g/mol. The van der Waals surface area contributed by atoms with Gasteiger partial charge in [0.1, 0.15) is 29.1 Å². The van der Waals surface area contributed by atoms with Crippen LogP contribution in [0.1, 0.15) is 29.8 Å². The molecule has 0 aromatic heterocycles. The van der Waals surface area contributed by atoms with E-state index in [1.54, 1.807) is 36.1 Å². The second-order valence-electron chi connectivity index (χ2n) is 11.9. The van der Waals surface area contributed by atoms with Crippen LogP contribution in [0, 0.1) is 5.92 Å². The predicted molar refractivity (Wildman–Crippen MR) is 181 cm³/mol. The van der Waals surface area contributed by atoms with Gasteiger partial charge in [-0.25, -0.2) is 8.42 Å². The van der Waals surface area contributed by atoms with Crippen LogP contribution in [0.15, 0.2) is 102 Å². The lowest BCUT2D eigenvalue weighted by molar-refractivity contribution is 0.0341. The Labute approximate surface area is 276 Å². The van der Waals surface area contributed by atoms with Gasteiger partial charge in [-0.3, -0.25) is 14.4 Å². The van der Waals surface area contributed by atoms with Gasteiger partial charge in [-0.15, -0.1) is 0 Å². The highest BCUT2D eigenvalue weighted by Gasteiger charge is 2.34. The summed E-state index contributed by atoms with van der Waals surface area (Å²) in [6.45, 7) is 5.17. The summed E-state index contributed by atoms with van der Waals surface area (Å²) >= 11 is 0. The molecule has 0 radical (unpaired) electrons. The van der Waals surface area contributed by atoms with Gasteiger partial charge in [-0.05, 0) is 86.3 Å². The molecule has 3 atom stereocenters. The minimum absolute atomic E-state index is 0.0541. The van der Waals surface area contributed by atoms with Crippen molar-refractivity contribution >= 4 is 21.6 Å². The highest BCUT2D eigenvalue weighted by atomic mass is 32.2. The Morgan fingerprint density at radius 1 is 0.979 bits per heavy atom. The molecule has 0 unspecified atom stereocenters. The lowest BCUT2D eigenvalue weighted by Gasteiger charge is -2.38. The Morgan fingerprint density at radius 2 is 1.64 bits per heavy atom. The first kappa shape index (κ1) is 33.8. The summed E-state index contributed by atoms with van der Waals surface area (Å²) in [5.41, 5.74) is 1.54. The Bertz CT molecular complexity index is 1750. The number of para-hydroxylation sites is 1. The van der Waals surface area contributed by atoms with Gasteiger partial charge >= 0.3 is 0 Å². The molecule has 0 saturated carbocycles. The summed E-state index contributed by atoms with van der Waals surface area (Å²) in [7, 11) is -0.424. The first-order valence-electron chi connectivity index (χ1n) is 15.5. The summed E-state index contributed by atoms with van der Waals surface area (Å²) in [6.07, 6.45) is -0.303. The van der Waals surface area contributed by atoms with E-state index in [0.29, 0.717) is 31.1 Å². The minimum atomic E-state index is -3.94. The molecule has 2 N–H and O–H groups in total. The van der Waals surface area contributed by atoms with Crippen molar-refractivity contribution in [3.63, 3.8) is 0 Å². The van der Waals surface area contributed by atoms with Crippen LogP contribution in [0.5, 0.6) is 23.0 Å². The molecule has 1 aliphatic heterocycles. The van der Waals surface area contributed by atoms with Crippen molar-refractivity contribution in [1.29, 1.82) is 0 Å². The number of nitrogens with zero attached hydrogens (tertiary/aromatic N) is 2. The molecule has 4 aromatic carbocycles. The first-order chi connectivity index (χ1) is 22.6. The molecule has 0 bridgehead atoms. The minimum Gasteiger partial charge on any atom is -0.497 e. The number of sulfonamides is 1. The van der Waals surface area contributed by atoms with Gasteiger partial charge < -0.3 is 24.2 Å². The third-order valence-corrected chi connectivity index (χ3v) is 9.53. The quantitative estimate of drug-likeness (QED) is 0.201. The molecule has 47 heavy (non-hydrogen) atoms. The lowest BCUT2D eigenvalue weighted by Crippen LogP contribution is -2.49. The van der Waals surface area contributed by atoms with Crippen molar-refractivity contribution in [2.24, 2.45) is 5.92 Å². The number of nitrogens with one attached hydrogen (secondary N) is 1. The fraction of sp³-hybridized carbons (Fsp3) is 0.306. The van der Waals surface area contributed by atoms with E-state index in [2.05, 4.69) is 9.62 Å². The number of amides is 1. The second kappa shape index (κ2) is 14.9. The number of ether oxygens (including phenoxy) is 3. The van der Waals surface area contributed by atoms with E-state index in [9.17, 15) is 18.3 Å². The van der Waals surface area contributed by atoms with E-state index in [-0.39, 0.29) is 40.7 Å². The normalized spacial score (nSPS) is 17.2. The maximum atomic E-state index is 13.8. The van der Waals surface area contributed by atoms with Crippen molar-refractivity contribution in [2.45, 2.75) is 37.4 Å². The molecule has 5 rings (SSSR count). The van der Waals surface area contributed by atoms with Gasteiger partial charge in [0.05, 0.1) is 30.2 Å². The maximum absolute atomic E-state index is 13.8. The highest BCUT2D eigenvalue weighted by Crippen LogP contribution is 2.32. The summed E-state index contributed by atoms with van der Waals surface area (Å²) in [6, 6.07) is 27.8. The molecule has 4 aromatic rings. The van der Waals surface area contributed by atoms with Crippen LogP contribution in [0.2, 0.25) is 0 Å². The lowest BCUT2D eigenvalue weighted by atomic mass is 9.99. The van der Waals surface area contributed by atoms with Crippen molar-refractivity contribution in [3.8, 4) is 23.0 Å². The second-order valence-corrected chi connectivity index (χ2v) is 13.6.